The van der Waals surface area contributed by atoms with Gasteiger partial charge in [0.1, 0.15) is 0 Å². The Morgan fingerprint density at radius 3 is 2.12 bits per heavy atom. The number of benzene rings is 2. The van der Waals surface area contributed by atoms with E-state index in [1.807, 2.05) is 25.8 Å². The minimum absolute atomic E-state index is 0.0197. The van der Waals surface area contributed by atoms with Gasteiger partial charge in [-0.3, -0.25) is 24.1 Å². The van der Waals surface area contributed by atoms with Crippen molar-refractivity contribution in [2.24, 2.45) is 5.92 Å². The molecule has 2 aromatic carbocycles. The third-order valence-electron chi connectivity index (χ3n) is 5.96. The van der Waals surface area contributed by atoms with Crippen molar-refractivity contribution >= 4 is 29.3 Å². The molecule has 2 heterocycles. The van der Waals surface area contributed by atoms with Crippen LogP contribution in [0, 0.1) is 5.92 Å². The van der Waals surface area contributed by atoms with Gasteiger partial charge in [-0.2, -0.15) is 0 Å². The van der Waals surface area contributed by atoms with Gasteiger partial charge in [-0.25, -0.2) is 0 Å². The maximum absolute atomic E-state index is 12.8. The Morgan fingerprint density at radius 2 is 1.48 bits per heavy atom. The highest BCUT2D eigenvalue weighted by molar-refractivity contribution is 6.22. The van der Waals surface area contributed by atoms with Crippen LogP contribution in [0.25, 0.3) is 0 Å². The quantitative estimate of drug-likeness (QED) is 0.710. The molecule has 2 aliphatic heterocycles. The van der Waals surface area contributed by atoms with Crippen LogP contribution in [0.3, 0.4) is 0 Å². The number of imide groups is 1. The number of nitrogens with one attached hydrogen (secondary N) is 1. The van der Waals surface area contributed by atoms with Crippen molar-refractivity contribution in [1.29, 1.82) is 0 Å². The minimum atomic E-state index is -0.390. The van der Waals surface area contributed by atoms with Crippen LogP contribution in [0.15, 0.2) is 42.5 Å². The topological polar surface area (TPSA) is 90.0 Å². The van der Waals surface area contributed by atoms with Crippen LogP contribution in [0.5, 0.6) is 0 Å². The van der Waals surface area contributed by atoms with E-state index in [9.17, 15) is 19.2 Å². The van der Waals surface area contributed by atoms with Crippen molar-refractivity contribution in [2.45, 2.75) is 13.8 Å². The molecule has 2 aliphatic rings. The third kappa shape index (κ3) is 4.66. The Balaban J connectivity index is 1.43. The number of anilines is 1. The van der Waals surface area contributed by atoms with Crippen molar-refractivity contribution in [1.82, 2.24) is 14.7 Å². The predicted molar refractivity (Wildman–Crippen MR) is 124 cm³/mol. The standard InChI is InChI=1S/C25H28N4O4/c1-16(2)15-29-24(32)20-9-6-18(14-21(20)25(29)33)22(30)26-19-7-4-17(5-8-19)23(31)28-12-10-27(3)11-13-28/h4-9,14,16H,10-13,15H2,1-3H3,(H,26,30). The first-order valence-corrected chi connectivity index (χ1v) is 11.1. The Labute approximate surface area is 193 Å². The Hall–Kier alpha value is -3.52. The van der Waals surface area contributed by atoms with E-state index in [-0.39, 0.29) is 29.2 Å². The summed E-state index contributed by atoms with van der Waals surface area (Å²) in [6.45, 7) is 7.31. The van der Waals surface area contributed by atoms with Crippen LogP contribution in [0.2, 0.25) is 0 Å². The third-order valence-corrected chi connectivity index (χ3v) is 5.96. The first kappa shape index (κ1) is 22.7. The number of carbonyl (C=O) groups excluding carboxylic acids is 4. The molecule has 8 heteroatoms. The van der Waals surface area contributed by atoms with Crippen molar-refractivity contribution in [3.63, 3.8) is 0 Å². The molecule has 1 fully saturated rings. The van der Waals surface area contributed by atoms with E-state index in [1.165, 1.54) is 17.0 Å². The maximum atomic E-state index is 12.8. The van der Waals surface area contributed by atoms with Crippen molar-refractivity contribution in [3.05, 3.63) is 64.7 Å². The van der Waals surface area contributed by atoms with E-state index in [0.717, 1.165) is 13.1 Å². The van der Waals surface area contributed by atoms with Crippen LogP contribution in [-0.4, -0.2) is 78.1 Å². The number of hydrogen-bond acceptors (Lipinski definition) is 5. The summed E-state index contributed by atoms with van der Waals surface area (Å²) in [5.41, 5.74) is 1.98. The largest absolute Gasteiger partial charge is 0.336 e. The van der Waals surface area contributed by atoms with Crippen LogP contribution < -0.4 is 5.32 Å². The smallest absolute Gasteiger partial charge is 0.261 e. The fourth-order valence-corrected chi connectivity index (χ4v) is 4.05. The molecule has 2 aromatic rings. The molecule has 1 saturated heterocycles. The van der Waals surface area contributed by atoms with Gasteiger partial charge in [0.2, 0.25) is 0 Å². The number of nitrogens with zero attached hydrogens (tertiary/aromatic N) is 3. The second kappa shape index (κ2) is 9.15. The van der Waals surface area contributed by atoms with Crippen LogP contribution in [0.4, 0.5) is 5.69 Å². The number of rotatable bonds is 5. The van der Waals surface area contributed by atoms with Gasteiger partial charge in [-0.05, 0) is 55.4 Å². The predicted octanol–water partition coefficient (Wildman–Crippen LogP) is 2.58. The molecular formula is C25H28N4O4. The lowest BCUT2D eigenvalue weighted by atomic mass is 10.1. The molecule has 172 valence electrons. The zero-order valence-electron chi connectivity index (χ0n) is 19.1. The van der Waals surface area contributed by atoms with Crippen LogP contribution in [-0.2, 0) is 0 Å². The molecule has 4 rings (SSSR count). The first-order chi connectivity index (χ1) is 15.7. The molecule has 0 unspecified atom stereocenters. The highest BCUT2D eigenvalue weighted by Gasteiger charge is 2.36. The van der Waals surface area contributed by atoms with Crippen molar-refractivity contribution < 1.29 is 19.2 Å². The number of carbonyl (C=O) groups is 4. The fourth-order valence-electron chi connectivity index (χ4n) is 4.05. The molecule has 0 spiro atoms. The number of likely N-dealkylation sites (N-methyl/N-ethyl adjacent to an activating group) is 1. The molecule has 0 bridgehead atoms. The summed E-state index contributed by atoms with van der Waals surface area (Å²) in [6, 6.07) is 11.3. The first-order valence-electron chi connectivity index (χ1n) is 11.1. The summed E-state index contributed by atoms with van der Waals surface area (Å²) in [6.07, 6.45) is 0. The molecule has 1 N–H and O–H groups in total. The Kier molecular flexibility index (Phi) is 6.29. The maximum Gasteiger partial charge on any atom is 0.261 e. The lowest BCUT2D eigenvalue weighted by Gasteiger charge is -2.32. The van der Waals surface area contributed by atoms with E-state index < -0.39 is 5.91 Å². The second-order valence-electron chi connectivity index (χ2n) is 9.00. The van der Waals surface area contributed by atoms with Crippen LogP contribution in [0.1, 0.15) is 55.3 Å². The minimum Gasteiger partial charge on any atom is -0.336 e. The van der Waals surface area contributed by atoms with Crippen LogP contribution >= 0.6 is 0 Å². The Bertz CT molecular complexity index is 1100. The van der Waals surface area contributed by atoms with Crippen molar-refractivity contribution in [3.8, 4) is 0 Å². The Morgan fingerprint density at radius 1 is 0.879 bits per heavy atom. The molecule has 0 aliphatic carbocycles. The van der Waals surface area contributed by atoms with Gasteiger partial charge >= 0.3 is 0 Å². The summed E-state index contributed by atoms with van der Waals surface area (Å²) in [5, 5.41) is 2.79. The van der Waals surface area contributed by atoms with E-state index in [1.54, 1.807) is 30.3 Å². The van der Waals surface area contributed by atoms with Gasteiger partial charge < -0.3 is 15.1 Å². The molecule has 0 saturated carbocycles. The van der Waals surface area contributed by atoms with Gasteiger partial charge in [-0.1, -0.05) is 13.8 Å². The van der Waals surface area contributed by atoms with E-state index >= 15 is 0 Å². The highest BCUT2D eigenvalue weighted by atomic mass is 16.2. The SMILES string of the molecule is CC(C)CN1C(=O)c2ccc(C(=O)Nc3ccc(C(=O)N4CCN(C)CC4)cc3)cc2C1=O. The number of piperazine rings is 1. The number of fused-ring (bicyclic) bond motifs is 1. The number of amides is 4. The average Bonchev–Trinajstić information content (AvgIpc) is 3.03. The van der Waals surface area contributed by atoms with E-state index in [0.29, 0.717) is 42.0 Å². The summed E-state index contributed by atoms with van der Waals surface area (Å²) < 4.78 is 0. The average molecular weight is 449 g/mol. The van der Waals surface area contributed by atoms with Gasteiger partial charge in [0.05, 0.1) is 11.1 Å². The van der Waals surface area contributed by atoms with Gasteiger partial charge in [0.15, 0.2) is 0 Å². The fraction of sp³-hybridized carbons (Fsp3) is 0.360. The van der Waals surface area contributed by atoms with Gasteiger partial charge in [0.25, 0.3) is 23.6 Å². The molecule has 0 aromatic heterocycles. The molecule has 4 amide bonds. The normalized spacial score (nSPS) is 16.4. The zero-order valence-corrected chi connectivity index (χ0v) is 19.1. The van der Waals surface area contributed by atoms with E-state index in [2.05, 4.69) is 10.2 Å². The zero-order chi connectivity index (χ0) is 23.7. The lowest BCUT2D eigenvalue weighted by Crippen LogP contribution is -2.47. The summed E-state index contributed by atoms with van der Waals surface area (Å²) in [5.74, 6) is -0.949. The van der Waals surface area contributed by atoms with Crippen molar-refractivity contribution in [2.75, 3.05) is 45.1 Å². The molecular weight excluding hydrogens is 420 g/mol. The van der Waals surface area contributed by atoms with Gasteiger partial charge in [0, 0.05) is 49.5 Å². The summed E-state index contributed by atoms with van der Waals surface area (Å²) in [7, 11) is 2.04. The second-order valence-corrected chi connectivity index (χ2v) is 9.00. The van der Waals surface area contributed by atoms with Gasteiger partial charge in [-0.15, -0.1) is 0 Å². The molecule has 8 nitrogen and oxygen atoms in total. The molecule has 0 radical (unpaired) electrons. The summed E-state index contributed by atoms with van der Waals surface area (Å²) >= 11 is 0. The number of hydrogen-bond donors (Lipinski definition) is 1. The molecule has 33 heavy (non-hydrogen) atoms. The molecule has 0 atom stereocenters. The van der Waals surface area contributed by atoms with E-state index in [4.69, 9.17) is 0 Å². The summed E-state index contributed by atoms with van der Waals surface area (Å²) in [4.78, 5) is 55.8. The highest BCUT2D eigenvalue weighted by Crippen LogP contribution is 2.25. The lowest BCUT2D eigenvalue weighted by molar-refractivity contribution is 0.0633. The monoisotopic (exact) mass is 448 g/mol.